The average Bonchev–Trinajstić information content (AvgIpc) is 3.49. The van der Waals surface area contributed by atoms with Crippen LogP contribution in [0, 0.1) is 0 Å². The van der Waals surface area contributed by atoms with Gasteiger partial charge in [-0.2, -0.15) is 0 Å². The summed E-state index contributed by atoms with van der Waals surface area (Å²) in [6, 6.07) is 48.1. The van der Waals surface area contributed by atoms with E-state index in [1.54, 1.807) is 0 Å². The van der Waals surface area contributed by atoms with Crippen molar-refractivity contribution >= 4 is 71.9 Å². The molecule has 0 aliphatic heterocycles. The fraction of sp³-hybridized carbons (Fsp3) is 0. The minimum absolute atomic E-state index is 0.932. The van der Waals surface area contributed by atoms with Crippen molar-refractivity contribution in [3.8, 4) is 22.3 Å². The fourth-order valence-electron chi connectivity index (χ4n) is 7.31. The molecule has 2 aromatic heterocycles. The summed E-state index contributed by atoms with van der Waals surface area (Å²) in [5.41, 5.74) is 9.85. The molecule has 9 aromatic rings. The van der Waals surface area contributed by atoms with Crippen molar-refractivity contribution in [2.24, 2.45) is 0 Å². The second-order valence-electron chi connectivity index (χ2n) is 11.6. The number of pyridine rings is 1. The Kier molecular flexibility index (Phi) is 5.54. The van der Waals surface area contributed by atoms with Gasteiger partial charge in [0, 0.05) is 10.9 Å². The van der Waals surface area contributed by atoms with Gasteiger partial charge in [0.15, 0.2) is 0 Å². The van der Waals surface area contributed by atoms with Crippen molar-refractivity contribution in [1.82, 2.24) is 9.38 Å². The number of nitrogens with zero attached hydrogens (tertiary/aromatic N) is 2. The Morgan fingerprint density at radius 3 is 1.64 bits per heavy atom. The highest BCUT2D eigenvalue weighted by Gasteiger charge is 2.18. The zero-order valence-electron chi connectivity index (χ0n) is 24.7. The van der Waals surface area contributed by atoms with Crippen LogP contribution in [0.1, 0.15) is 11.3 Å². The van der Waals surface area contributed by atoms with Gasteiger partial charge in [-0.15, -0.1) is 0 Å². The van der Waals surface area contributed by atoms with Gasteiger partial charge in [-0.1, -0.05) is 128 Å². The summed E-state index contributed by atoms with van der Waals surface area (Å²) in [6.45, 7) is 8.30. The van der Waals surface area contributed by atoms with Gasteiger partial charge >= 0.3 is 0 Å². The lowest BCUT2D eigenvalue weighted by molar-refractivity contribution is 1.21. The van der Waals surface area contributed by atoms with Gasteiger partial charge in [0.1, 0.15) is 5.65 Å². The number of hydrogen-bond acceptors (Lipinski definition) is 1. The van der Waals surface area contributed by atoms with Gasteiger partial charge in [-0.25, -0.2) is 4.98 Å². The summed E-state index contributed by atoms with van der Waals surface area (Å²) in [6.07, 6.45) is 3.84. The maximum Gasteiger partial charge on any atom is 0.146 e. The van der Waals surface area contributed by atoms with Crippen molar-refractivity contribution in [3.63, 3.8) is 0 Å². The molecule has 0 atom stereocenters. The summed E-state index contributed by atoms with van der Waals surface area (Å²) < 4.78 is 2.22. The maximum absolute atomic E-state index is 5.23. The minimum atomic E-state index is 0.932. The molecule has 45 heavy (non-hydrogen) atoms. The van der Waals surface area contributed by atoms with Crippen LogP contribution in [0.4, 0.5) is 0 Å². The number of benzene rings is 7. The summed E-state index contributed by atoms with van der Waals surface area (Å²) in [5.74, 6) is 0. The Hall–Kier alpha value is -5.99. The van der Waals surface area contributed by atoms with Crippen molar-refractivity contribution in [3.05, 3.63) is 158 Å². The third-order valence-electron chi connectivity index (χ3n) is 9.31. The fourth-order valence-corrected chi connectivity index (χ4v) is 7.31. The lowest BCUT2D eigenvalue weighted by atomic mass is 9.88. The van der Waals surface area contributed by atoms with E-state index in [-0.39, 0.29) is 0 Å². The Bertz CT molecular complexity index is 2680. The molecule has 0 unspecified atom stereocenters. The first-order chi connectivity index (χ1) is 22.2. The first-order valence-corrected chi connectivity index (χ1v) is 15.3. The molecular formula is C43H28N2. The normalized spacial score (nSPS) is 11.7. The van der Waals surface area contributed by atoms with Crippen molar-refractivity contribution in [1.29, 1.82) is 0 Å². The first-order valence-electron chi connectivity index (χ1n) is 15.3. The van der Waals surface area contributed by atoms with E-state index < -0.39 is 0 Å². The molecule has 0 N–H and O–H groups in total. The van der Waals surface area contributed by atoms with Crippen molar-refractivity contribution < 1.29 is 0 Å². The molecule has 0 fully saturated rings. The Morgan fingerprint density at radius 1 is 0.467 bits per heavy atom. The van der Waals surface area contributed by atoms with E-state index in [4.69, 9.17) is 4.98 Å². The highest BCUT2D eigenvalue weighted by molar-refractivity contribution is 6.24. The first kappa shape index (κ1) is 25.5. The van der Waals surface area contributed by atoms with Gasteiger partial charge in [0.05, 0.1) is 16.7 Å². The van der Waals surface area contributed by atoms with E-state index >= 15 is 0 Å². The van der Waals surface area contributed by atoms with Crippen LogP contribution in [0.2, 0.25) is 0 Å². The van der Waals surface area contributed by atoms with Crippen LogP contribution in [0.3, 0.4) is 0 Å². The highest BCUT2D eigenvalue weighted by atomic mass is 15.0. The molecule has 210 valence electrons. The molecule has 2 heterocycles. The molecule has 2 heteroatoms. The number of fused-ring (bicyclic) bond motifs is 10. The second-order valence-corrected chi connectivity index (χ2v) is 11.6. The lowest BCUT2D eigenvalue weighted by Gasteiger charge is -2.16. The van der Waals surface area contributed by atoms with Crippen molar-refractivity contribution in [2.75, 3.05) is 0 Å². The molecule has 7 aromatic carbocycles. The van der Waals surface area contributed by atoms with Gasteiger partial charge in [0.2, 0.25) is 0 Å². The van der Waals surface area contributed by atoms with E-state index in [2.05, 4.69) is 151 Å². The van der Waals surface area contributed by atoms with Crippen LogP contribution in [0.25, 0.3) is 94.2 Å². The summed E-state index contributed by atoms with van der Waals surface area (Å²) >= 11 is 0. The number of aromatic nitrogens is 2. The molecule has 0 aliphatic rings. The van der Waals surface area contributed by atoms with Crippen LogP contribution in [-0.4, -0.2) is 9.38 Å². The summed E-state index contributed by atoms with van der Waals surface area (Å²) in [4.78, 5) is 5.23. The van der Waals surface area contributed by atoms with Gasteiger partial charge < -0.3 is 0 Å². The Morgan fingerprint density at radius 2 is 1.02 bits per heavy atom. The van der Waals surface area contributed by atoms with E-state index in [1.165, 1.54) is 49.0 Å². The molecular weight excluding hydrogens is 544 g/mol. The summed E-state index contributed by atoms with van der Waals surface area (Å²) in [7, 11) is 0. The summed E-state index contributed by atoms with van der Waals surface area (Å²) in [5, 5.41) is 9.75. The largest absolute Gasteiger partial charge is 0.292 e. The van der Waals surface area contributed by atoms with Crippen LogP contribution < -0.4 is 0 Å². The predicted molar refractivity (Wildman–Crippen MR) is 194 cm³/mol. The molecule has 0 aliphatic carbocycles. The minimum Gasteiger partial charge on any atom is -0.292 e. The molecule has 0 amide bonds. The number of imidazole rings is 1. The van der Waals surface area contributed by atoms with Crippen LogP contribution in [-0.2, 0) is 0 Å². The van der Waals surface area contributed by atoms with E-state index in [0.717, 1.165) is 44.3 Å². The third-order valence-corrected chi connectivity index (χ3v) is 9.31. The van der Waals surface area contributed by atoms with E-state index in [1.807, 2.05) is 12.2 Å². The zero-order chi connectivity index (χ0) is 30.1. The smallest absolute Gasteiger partial charge is 0.146 e. The van der Waals surface area contributed by atoms with Gasteiger partial charge in [0.25, 0.3) is 0 Å². The van der Waals surface area contributed by atoms with Crippen LogP contribution >= 0.6 is 0 Å². The zero-order valence-corrected chi connectivity index (χ0v) is 24.7. The molecule has 0 saturated carbocycles. The van der Waals surface area contributed by atoms with Gasteiger partial charge in [-0.05, 0) is 90.3 Å². The average molecular weight is 573 g/mol. The standard InChI is InChI=1S/C43H28N2/c1-3-29-30-16-12-13-21-35(30)43-44-40-24-28(22-23-42(40)45(43)41(29)4-2)37-26-39-33-19-10-8-17-31(33)36(27-14-6-5-7-15-27)25-38(39)34-20-11-9-18-32(34)37/h3-26H,1-2H2. The third kappa shape index (κ3) is 3.66. The molecule has 0 bridgehead atoms. The van der Waals surface area contributed by atoms with Crippen molar-refractivity contribution in [2.45, 2.75) is 0 Å². The lowest BCUT2D eigenvalue weighted by Crippen LogP contribution is -1.97. The van der Waals surface area contributed by atoms with Gasteiger partial charge in [-0.3, -0.25) is 4.40 Å². The topological polar surface area (TPSA) is 17.3 Å². The van der Waals surface area contributed by atoms with E-state index in [9.17, 15) is 0 Å². The maximum atomic E-state index is 5.23. The molecule has 0 radical (unpaired) electrons. The number of hydrogen-bond donors (Lipinski definition) is 0. The second kappa shape index (κ2) is 9.77. The molecule has 9 rings (SSSR count). The molecule has 0 saturated heterocycles. The quantitative estimate of drug-likeness (QED) is 0.192. The number of rotatable bonds is 4. The monoisotopic (exact) mass is 572 g/mol. The van der Waals surface area contributed by atoms with Crippen LogP contribution in [0.15, 0.2) is 147 Å². The van der Waals surface area contributed by atoms with E-state index in [0.29, 0.717) is 0 Å². The highest BCUT2D eigenvalue weighted by Crippen LogP contribution is 2.42. The predicted octanol–water partition coefficient (Wildman–Crippen LogP) is 11.7. The SMILES string of the molecule is C=Cc1c(C=C)n2c3ccc(-c4cc5c6ccccc6c(-c6ccccc6)cc5c5ccccc45)cc3nc2c2ccccc12. The van der Waals surface area contributed by atoms with Crippen LogP contribution in [0.5, 0.6) is 0 Å². The molecule has 2 nitrogen and oxygen atoms in total. The Balaban J connectivity index is 1.36. The molecule has 0 spiro atoms. The Labute approximate surface area is 260 Å².